The fraction of sp³-hybridized carbons (Fsp3) is 0.538. The molecule has 2 bridgehead atoms. The summed E-state index contributed by atoms with van der Waals surface area (Å²) in [4.78, 5) is 27.4. The van der Waals surface area contributed by atoms with Crippen molar-refractivity contribution in [2.75, 3.05) is 28.2 Å². The van der Waals surface area contributed by atoms with Crippen LogP contribution in [0.3, 0.4) is 0 Å². The number of carbonyl (C=O) groups is 2. The van der Waals surface area contributed by atoms with E-state index >= 15 is 0 Å². The minimum absolute atomic E-state index is 0.0351. The van der Waals surface area contributed by atoms with Crippen LogP contribution in [0.2, 0.25) is 0 Å². The van der Waals surface area contributed by atoms with Crippen molar-refractivity contribution >= 4 is 11.8 Å². The molecule has 0 spiro atoms. The largest absolute Gasteiger partial charge is 0.345 e. The van der Waals surface area contributed by atoms with Crippen molar-refractivity contribution in [3.8, 4) is 0 Å². The maximum atomic E-state index is 12.1. The first-order valence-corrected chi connectivity index (χ1v) is 5.79. The van der Waals surface area contributed by atoms with Crippen LogP contribution in [0.15, 0.2) is 23.3 Å². The van der Waals surface area contributed by atoms with Gasteiger partial charge in [-0.1, -0.05) is 12.2 Å². The molecule has 0 N–H and O–H groups in total. The first kappa shape index (κ1) is 11.9. The minimum Gasteiger partial charge on any atom is -0.345 e. The van der Waals surface area contributed by atoms with Crippen LogP contribution in [0.1, 0.15) is 6.42 Å². The fourth-order valence-electron chi connectivity index (χ4n) is 2.56. The predicted molar refractivity (Wildman–Crippen MR) is 65.2 cm³/mol. The number of amides is 2. The molecular weight excluding hydrogens is 216 g/mol. The second-order valence-electron chi connectivity index (χ2n) is 5.06. The third-order valence-electron chi connectivity index (χ3n) is 3.39. The number of allylic oxidation sites excluding steroid dienone is 2. The van der Waals surface area contributed by atoms with Gasteiger partial charge in [0, 0.05) is 51.2 Å². The number of hydrogen-bond acceptors (Lipinski definition) is 2. The van der Waals surface area contributed by atoms with Crippen LogP contribution in [0, 0.1) is 11.8 Å². The minimum atomic E-state index is -0.0351. The Morgan fingerprint density at radius 3 is 1.59 bits per heavy atom. The lowest BCUT2D eigenvalue weighted by atomic mass is 9.95. The van der Waals surface area contributed by atoms with E-state index in [1.54, 1.807) is 38.0 Å². The summed E-state index contributed by atoms with van der Waals surface area (Å²) < 4.78 is 0. The molecule has 0 aromatic rings. The summed E-state index contributed by atoms with van der Waals surface area (Å²) in [6.07, 6.45) is 4.98. The number of rotatable bonds is 2. The molecule has 0 heterocycles. The van der Waals surface area contributed by atoms with Gasteiger partial charge < -0.3 is 9.80 Å². The zero-order valence-electron chi connectivity index (χ0n) is 10.7. The van der Waals surface area contributed by atoms with Crippen LogP contribution in [-0.4, -0.2) is 49.8 Å². The SMILES string of the molecule is CN(C)C(=O)C1=C(C(=O)N(C)C)C2C=CC1C2. The van der Waals surface area contributed by atoms with Crippen LogP contribution < -0.4 is 0 Å². The van der Waals surface area contributed by atoms with Gasteiger partial charge >= 0.3 is 0 Å². The highest BCUT2D eigenvalue weighted by atomic mass is 16.2. The molecule has 0 aromatic heterocycles. The van der Waals surface area contributed by atoms with Crippen molar-refractivity contribution in [2.24, 2.45) is 11.8 Å². The van der Waals surface area contributed by atoms with Gasteiger partial charge in [-0.15, -0.1) is 0 Å². The molecule has 0 radical (unpaired) electrons. The molecule has 2 aliphatic rings. The first-order chi connectivity index (χ1) is 7.93. The van der Waals surface area contributed by atoms with E-state index in [0.717, 1.165) is 6.42 Å². The van der Waals surface area contributed by atoms with E-state index in [4.69, 9.17) is 0 Å². The zero-order chi connectivity index (χ0) is 12.7. The summed E-state index contributed by atoms with van der Waals surface area (Å²) in [5.41, 5.74) is 1.39. The van der Waals surface area contributed by atoms with E-state index in [-0.39, 0.29) is 23.7 Å². The van der Waals surface area contributed by atoms with Gasteiger partial charge in [-0.05, 0) is 6.42 Å². The molecule has 0 saturated carbocycles. The molecule has 2 rings (SSSR count). The highest BCUT2D eigenvalue weighted by Crippen LogP contribution is 2.44. The van der Waals surface area contributed by atoms with Crippen LogP contribution in [-0.2, 0) is 9.59 Å². The molecule has 0 saturated heterocycles. The molecule has 4 heteroatoms. The Morgan fingerprint density at radius 1 is 0.941 bits per heavy atom. The van der Waals surface area contributed by atoms with Gasteiger partial charge in [0.05, 0.1) is 0 Å². The van der Waals surface area contributed by atoms with E-state index < -0.39 is 0 Å². The summed E-state index contributed by atoms with van der Waals surface area (Å²) in [6, 6.07) is 0. The maximum absolute atomic E-state index is 12.1. The summed E-state index contributed by atoms with van der Waals surface area (Å²) >= 11 is 0. The normalized spacial score (nSPS) is 25.4. The average Bonchev–Trinajstić information content (AvgIpc) is 2.85. The molecule has 2 amide bonds. The van der Waals surface area contributed by atoms with Crippen molar-refractivity contribution in [1.82, 2.24) is 9.80 Å². The second kappa shape index (κ2) is 4.02. The topological polar surface area (TPSA) is 40.6 Å². The average molecular weight is 234 g/mol. The van der Waals surface area contributed by atoms with Crippen LogP contribution in [0.4, 0.5) is 0 Å². The summed E-state index contributed by atoms with van der Waals surface area (Å²) in [6.45, 7) is 0. The Balaban J connectivity index is 2.42. The fourth-order valence-corrected chi connectivity index (χ4v) is 2.56. The van der Waals surface area contributed by atoms with Gasteiger partial charge in [0.2, 0.25) is 11.8 Å². The van der Waals surface area contributed by atoms with Crippen LogP contribution in [0.5, 0.6) is 0 Å². The zero-order valence-corrected chi connectivity index (χ0v) is 10.7. The van der Waals surface area contributed by atoms with Gasteiger partial charge in [-0.3, -0.25) is 9.59 Å². The number of likely N-dealkylation sites (N-methyl/N-ethyl adjacent to an activating group) is 2. The molecule has 92 valence electrons. The first-order valence-electron chi connectivity index (χ1n) is 5.79. The molecule has 0 aliphatic heterocycles. The Bertz CT molecular complexity index is 395. The molecular formula is C13H18N2O2. The monoisotopic (exact) mass is 234 g/mol. The lowest BCUT2D eigenvalue weighted by Gasteiger charge is -2.20. The molecule has 2 aliphatic carbocycles. The Kier molecular flexibility index (Phi) is 2.81. The molecule has 4 nitrogen and oxygen atoms in total. The number of fused-ring (bicyclic) bond motifs is 2. The van der Waals surface area contributed by atoms with Crippen molar-refractivity contribution in [1.29, 1.82) is 0 Å². The van der Waals surface area contributed by atoms with Crippen molar-refractivity contribution in [2.45, 2.75) is 6.42 Å². The smallest absolute Gasteiger partial charge is 0.250 e. The van der Waals surface area contributed by atoms with E-state index in [9.17, 15) is 9.59 Å². The van der Waals surface area contributed by atoms with Crippen molar-refractivity contribution < 1.29 is 9.59 Å². The summed E-state index contributed by atoms with van der Waals surface area (Å²) in [5.74, 6) is 0.196. The molecule has 0 aromatic carbocycles. The van der Waals surface area contributed by atoms with E-state index in [1.807, 2.05) is 12.2 Å². The third kappa shape index (κ3) is 1.77. The maximum Gasteiger partial charge on any atom is 0.250 e. The Morgan fingerprint density at radius 2 is 1.29 bits per heavy atom. The van der Waals surface area contributed by atoms with Crippen LogP contribution in [0.25, 0.3) is 0 Å². The highest BCUT2D eigenvalue weighted by molar-refractivity contribution is 6.07. The lowest BCUT2D eigenvalue weighted by molar-refractivity contribution is -0.127. The Hall–Kier alpha value is -1.58. The highest BCUT2D eigenvalue weighted by Gasteiger charge is 2.42. The van der Waals surface area contributed by atoms with Crippen molar-refractivity contribution in [3.63, 3.8) is 0 Å². The number of nitrogens with zero attached hydrogens (tertiary/aromatic N) is 2. The molecule has 2 atom stereocenters. The standard InChI is InChI=1S/C13H18N2O2/c1-14(2)12(16)10-8-5-6-9(7-8)11(10)13(17)15(3)4/h5-6,8-9H,7H2,1-4H3. The quantitative estimate of drug-likeness (QED) is 0.659. The summed E-state index contributed by atoms with van der Waals surface area (Å²) in [7, 11) is 6.90. The van der Waals surface area contributed by atoms with E-state index in [2.05, 4.69) is 0 Å². The van der Waals surface area contributed by atoms with E-state index in [0.29, 0.717) is 11.1 Å². The van der Waals surface area contributed by atoms with Crippen LogP contribution >= 0.6 is 0 Å². The van der Waals surface area contributed by atoms with Gasteiger partial charge in [0.25, 0.3) is 0 Å². The molecule has 2 unspecified atom stereocenters. The third-order valence-corrected chi connectivity index (χ3v) is 3.39. The van der Waals surface area contributed by atoms with Gasteiger partial charge in [-0.2, -0.15) is 0 Å². The van der Waals surface area contributed by atoms with Gasteiger partial charge in [-0.25, -0.2) is 0 Å². The van der Waals surface area contributed by atoms with E-state index in [1.165, 1.54) is 0 Å². The second-order valence-corrected chi connectivity index (χ2v) is 5.06. The van der Waals surface area contributed by atoms with Gasteiger partial charge in [0.1, 0.15) is 0 Å². The Labute approximate surface area is 102 Å². The molecule has 17 heavy (non-hydrogen) atoms. The van der Waals surface area contributed by atoms with Crippen molar-refractivity contribution in [3.05, 3.63) is 23.3 Å². The van der Waals surface area contributed by atoms with Gasteiger partial charge in [0.15, 0.2) is 0 Å². The number of carbonyl (C=O) groups excluding carboxylic acids is 2. The number of hydrogen-bond donors (Lipinski definition) is 0. The summed E-state index contributed by atoms with van der Waals surface area (Å²) in [5, 5.41) is 0. The predicted octanol–water partition coefficient (Wildman–Crippen LogP) is 0.665. The molecule has 0 fully saturated rings. The lowest BCUT2D eigenvalue weighted by Crippen LogP contribution is -2.31.